The SMILES string of the molecule is O=CNC1CCCc2c1cnn2CCN1CCCCC1. The van der Waals surface area contributed by atoms with Crippen LogP contribution in [0.15, 0.2) is 6.20 Å². The number of likely N-dealkylation sites (tertiary alicyclic amines) is 1. The first kappa shape index (κ1) is 13.6. The summed E-state index contributed by atoms with van der Waals surface area (Å²) in [5, 5.41) is 7.46. The van der Waals surface area contributed by atoms with Gasteiger partial charge < -0.3 is 10.2 Å². The van der Waals surface area contributed by atoms with Gasteiger partial charge >= 0.3 is 0 Å². The van der Waals surface area contributed by atoms with Gasteiger partial charge in [0, 0.05) is 17.8 Å². The fourth-order valence-electron chi connectivity index (χ4n) is 3.49. The predicted molar refractivity (Wildman–Crippen MR) is 77.4 cm³/mol. The van der Waals surface area contributed by atoms with E-state index in [0.717, 1.165) is 38.8 Å². The predicted octanol–water partition coefficient (Wildman–Crippen LogP) is 1.49. The van der Waals surface area contributed by atoms with E-state index < -0.39 is 0 Å². The number of rotatable bonds is 5. The van der Waals surface area contributed by atoms with Crippen LogP contribution < -0.4 is 5.32 Å². The van der Waals surface area contributed by atoms with Gasteiger partial charge in [-0.05, 0) is 45.2 Å². The zero-order valence-electron chi connectivity index (χ0n) is 12.1. The van der Waals surface area contributed by atoms with Gasteiger partial charge in [-0.1, -0.05) is 6.42 Å². The van der Waals surface area contributed by atoms with Crippen molar-refractivity contribution in [1.29, 1.82) is 0 Å². The average Bonchev–Trinajstić information content (AvgIpc) is 2.91. The van der Waals surface area contributed by atoms with Gasteiger partial charge in [0.2, 0.25) is 6.41 Å². The summed E-state index contributed by atoms with van der Waals surface area (Å²) >= 11 is 0. The van der Waals surface area contributed by atoms with Gasteiger partial charge in [0.05, 0.1) is 18.8 Å². The van der Waals surface area contributed by atoms with Gasteiger partial charge in [-0.2, -0.15) is 5.10 Å². The Morgan fingerprint density at radius 1 is 1.25 bits per heavy atom. The minimum Gasteiger partial charge on any atom is -0.352 e. The normalized spacial score (nSPS) is 23.3. The summed E-state index contributed by atoms with van der Waals surface area (Å²) in [5.74, 6) is 0. The van der Waals surface area contributed by atoms with Gasteiger partial charge in [0.1, 0.15) is 0 Å². The molecule has 5 nitrogen and oxygen atoms in total. The lowest BCUT2D eigenvalue weighted by atomic mass is 9.93. The van der Waals surface area contributed by atoms with E-state index >= 15 is 0 Å². The molecular formula is C15H24N4O. The topological polar surface area (TPSA) is 50.2 Å². The van der Waals surface area contributed by atoms with Crippen LogP contribution >= 0.6 is 0 Å². The van der Waals surface area contributed by atoms with Crippen molar-refractivity contribution in [2.45, 2.75) is 51.1 Å². The molecule has 20 heavy (non-hydrogen) atoms. The molecule has 2 heterocycles. The summed E-state index contributed by atoms with van der Waals surface area (Å²) in [6.45, 7) is 4.54. The molecule has 1 atom stereocenters. The van der Waals surface area contributed by atoms with Gasteiger partial charge in [0.15, 0.2) is 0 Å². The van der Waals surface area contributed by atoms with Crippen molar-refractivity contribution < 1.29 is 4.79 Å². The zero-order chi connectivity index (χ0) is 13.8. The van der Waals surface area contributed by atoms with Crippen molar-refractivity contribution >= 4 is 6.41 Å². The highest BCUT2D eigenvalue weighted by atomic mass is 16.1. The molecule has 1 amide bonds. The number of nitrogens with one attached hydrogen (secondary N) is 1. The molecule has 1 N–H and O–H groups in total. The molecule has 0 aromatic carbocycles. The van der Waals surface area contributed by atoms with E-state index in [1.54, 1.807) is 0 Å². The first-order valence-corrected chi connectivity index (χ1v) is 7.85. The molecule has 2 aliphatic rings. The fourth-order valence-corrected chi connectivity index (χ4v) is 3.49. The van der Waals surface area contributed by atoms with Crippen LogP contribution in [0.3, 0.4) is 0 Å². The van der Waals surface area contributed by atoms with E-state index in [9.17, 15) is 4.79 Å². The quantitative estimate of drug-likeness (QED) is 0.829. The van der Waals surface area contributed by atoms with E-state index in [1.165, 1.54) is 43.6 Å². The molecule has 1 aromatic heterocycles. The molecule has 1 aromatic rings. The standard InChI is InChI=1S/C15H24N4O/c20-12-16-14-5-4-6-15-13(14)11-17-19(15)10-9-18-7-2-1-3-8-18/h11-12,14H,1-10H2,(H,16,20). The molecule has 0 radical (unpaired) electrons. The van der Waals surface area contributed by atoms with E-state index in [-0.39, 0.29) is 6.04 Å². The Hall–Kier alpha value is -1.36. The minimum atomic E-state index is 0.167. The van der Waals surface area contributed by atoms with Crippen molar-refractivity contribution in [3.63, 3.8) is 0 Å². The average molecular weight is 276 g/mol. The highest BCUT2D eigenvalue weighted by molar-refractivity contribution is 5.48. The molecule has 5 heteroatoms. The Bertz CT molecular complexity index is 451. The van der Waals surface area contributed by atoms with Crippen LogP contribution in [0.1, 0.15) is 49.4 Å². The molecule has 0 saturated carbocycles. The minimum absolute atomic E-state index is 0.167. The van der Waals surface area contributed by atoms with E-state index in [0.29, 0.717) is 0 Å². The first-order valence-electron chi connectivity index (χ1n) is 7.85. The smallest absolute Gasteiger partial charge is 0.207 e. The Morgan fingerprint density at radius 3 is 2.90 bits per heavy atom. The molecular weight excluding hydrogens is 252 g/mol. The molecule has 1 aliphatic heterocycles. The molecule has 1 unspecified atom stereocenters. The maximum Gasteiger partial charge on any atom is 0.207 e. The van der Waals surface area contributed by atoms with Gasteiger partial charge in [-0.25, -0.2) is 0 Å². The van der Waals surface area contributed by atoms with E-state index in [4.69, 9.17) is 0 Å². The van der Waals surface area contributed by atoms with E-state index in [1.807, 2.05) is 6.20 Å². The summed E-state index contributed by atoms with van der Waals surface area (Å²) in [4.78, 5) is 13.2. The lowest BCUT2D eigenvalue weighted by Gasteiger charge is -2.27. The third-order valence-electron chi connectivity index (χ3n) is 4.61. The maximum absolute atomic E-state index is 10.7. The lowest BCUT2D eigenvalue weighted by molar-refractivity contribution is -0.110. The molecule has 110 valence electrons. The Labute approximate surface area is 120 Å². The van der Waals surface area contributed by atoms with Crippen LogP contribution in [0.5, 0.6) is 0 Å². The second-order valence-corrected chi connectivity index (χ2v) is 5.90. The first-order chi connectivity index (χ1) is 9.88. The number of amides is 1. The van der Waals surface area contributed by atoms with Crippen molar-refractivity contribution in [2.24, 2.45) is 0 Å². The molecule has 1 aliphatic carbocycles. The third-order valence-corrected chi connectivity index (χ3v) is 4.61. The monoisotopic (exact) mass is 276 g/mol. The number of hydrogen-bond donors (Lipinski definition) is 1. The van der Waals surface area contributed by atoms with E-state index in [2.05, 4.69) is 20.0 Å². The van der Waals surface area contributed by atoms with Crippen molar-refractivity contribution in [2.75, 3.05) is 19.6 Å². The maximum atomic E-state index is 10.7. The van der Waals surface area contributed by atoms with Gasteiger partial charge in [-0.3, -0.25) is 9.48 Å². The number of aromatic nitrogens is 2. The highest BCUT2D eigenvalue weighted by Gasteiger charge is 2.23. The van der Waals surface area contributed by atoms with Crippen molar-refractivity contribution in [3.8, 4) is 0 Å². The van der Waals surface area contributed by atoms with Gasteiger partial charge in [0.25, 0.3) is 0 Å². The number of piperidine rings is 1. The lowest BCUT2D eigenvalue weighted by Crippen LogP contribution is -2.33. The molecule has 0 bridgehead atoms. The molecule has 3 rings (SSSR count). The fraction of sp³-hybridized carbons (Fsp3) is 0.733. The van der Waals surface area contributed by atoms with Crippen molar-refractivity contribution in [1.82, 2.24) is 20.0 Å². The van der Waals surface area contributed by atoms with Crippen LogP contribution in [0.4, 0.5) is 0 Å². The Kier molecular flexibility index (Phi) is 4.35. The zero-order valence-corrected chi connectivity index (χ0v) is 12.1. The number of fused-ring (bicyclic) bond motifs is 1. The number of carbonyl (C=O) groups is 1. The second-order valence-electron chi connectivity index (χ2n) is 5.90. The van der Waals surface area contributed by atoms with Gasteiger partial charge in [-0.15, -0.1) is 0 Å². The Balaban J connectivity index is 1.64. The second kappa shape index (κ2) is 6.39. The number of nitrogens with zero attached hydrogens (tertiary/aromatic N) is 3. The summed E-state index contributed by atoms with van der Waals surface area (Å²) in [5.41, 5.74) is 2.55. The largest absolute Gasteiger partial charge is 0.352 e. The van der Waals surface area contributed by atoms with Crippen LogP contribution in [0, 0.1) is 0 Å². The Morgan fingerprint density at radius 2 is 2.10 bits per heavy atom. The number of carbonyl (C=O) groups excluding carboxylic acids is 1. The van der Waals surface area contributed by atoms with Crippen LogP contribution in [-0.2, 0) is 17.8 Å². The summed E-state index contributed by atoms with van der Waals surface area (Å²) < 4.78 is 2.16. The molecule has 0 spiro atoms. The van der Waals surface area contributed by atoms with Crippen molar-refractivity contribution in [3.05, 3.63) is 17.5 Å². The molecule has 1 saturated heterocycles. The third kappa shape index (κ3) is 2.87. The summed E-state index contributed by atoms with van der Waals surface area (Å²) in [6.07, 6.45) is 10.1. The molecule has 1 fully saturated rings. The highest BCUT2D eigenvalue weighted by Crippen LogP contribution is 2.29. The summed E-state index contributed by atoms with van der Waals surface area (Å²) in [6, 6.07) is 0.167. The number of hydrogen-bond acceptors (Lipinski definition) is 3. The van der Waals surface area contributed by atoms with Crippen LogP contribution in [0.25, 0.3) is 0 Å². The summed E-state index contributed by atoms with van der Waals surface area (Å²) in [7, 11) is 0. The van der Waals surface area contributed by atoms with Crippen LogP contribution in [-0.4, -0.2) is 40.7 Å². The van der Waals surface area contributed by atoms with Crippen LogP contribution in [0.2, 0.25) is 0 Å².